The first-order chi connectivity index (χ1) is 14.7. The van der Waals surface area contributed by atoms with Gasteiger partial charge in [-0.25, -0.2) is 13.1 Å². The zero-order valence-electron chi connectivity index (χ0n) is 16.9. The van der Waals surface area contributed by atoms with Gasteiger partial charge in [-0.05, 0) is 42.5 Å². The van der Waals surface area contributed by atoms with E-state index < -0.39 is 32.5 Å². The number of nitrogens with one attached hydrogen (secondary N) is 2. The zero-order valence-corrected chi connectivity index (χ0v) is 19.4. The lowest BCUT2D eigenvalue weighted by Crippen LogP contribution is -2.32. The van der Waals surface area contributed by atoms with Gasteiger partial charge in [-0.15, -0.1) is 15.7 Å². The lowest BCUT2D eigenvalue weighted by atomic mass is 10.2. The van der Waals surface area contributed by atoms with Crippen LogP contribution >= 0.6 is 11.3 Å². The van der Waals surface area contributed by atoms with Crippen LogP contribution < -0.4 is 10.0 Å². The minimum absolute atomic E-state index is 0.0467. The van der Waals surface area contributed by atoms with Gasteiger partial charge in [-0.1, -0.05) is 18.6 Å². The van der Waals surface area contributed by atoms with Crippen LogP contribution in [0.15, 0.2) is 55.3 Å². The number of carbonyl (C=O) groups is 1. The first-order valence-electron chi connectivity index (χ1n) is 9.65. The summed E-state index contributed by atoms with van der Waals surface area (Å²) in [7, 11) is -5.89. The number of nitrogens with zero attached hydrogens (tertiary/aromatic N) is 2. The summed E-state index contributed by atoms with van der Waals surface area (Å²) in [5, 5.41) is 4.13. The van der Waals surface area contributed by atoms with Crippen LogP contribution in [0.1, 0.15) is 25.7 Å². The first-order valence-corrected chi connectivity index (χ1v) is 13.5. The second kappa shape index (κ2) is 9.90. The van der Waals surface area contributed by atoms with Crippen molar-refractivity contribution in [1.82, 2.24) is 9.62 Å². The van der Waals surface area contributed by atoms with E-state index in [1.54, 1.807) is 11.4 Å². The third-order valence-corrected chi connectivity index (χ3v) is 8.76. The number of carbonyl (C=O) groups excluding carboxylic acids is 1. The van der Waals surface area contributed by atoms with Gasteiger partial charge < -0.3 is 10.2 Å². The van der Waals surface area contributed by atoms with Crippen molar-refractivity contribution in [2.24, 2.45) is 4.40 Å². The molecule has 1 aliphatic rings. The van der Waals surface area contributed by atoms with Crippen LogP contribution in [-0.2, 0) is 24.8 Å². The van der Waals surface area contributed by atoms with Gasteiger partial charge in [0, 0.05) is 25.7 Å². The van der Waals surface area contributed by atoms with Crippen LogP contribution in [0.25, 0.3) is 0 Å². The van der Waals surface area contributed by atoms with Crippen molar-refractivity contribution in [1.29, 1.82) is 0 Å². The highest BCUT2D eigenvalue weighted by Gasteiger charge is 2.20. The van der Waals surface area contributed by atoms with Crippen LogP contribution in [0.5, 0.6) is 0 Å². The van der Waals surface area contributed by atoms with Gasteiger partial charge in [-0.2, -0.15) is 8.42 Å². The van der Waals surface area contributed by atoms with Gasteiger partial charge >= 0.3 is 0 Å². The van der Waals surface area contributed by atoms with E-state index in [1.165, 1.54) is 30.3 Å². The molecular weight excluding hydrogens is 460 g/mol. The Morgan fingerprint density at radius 2 is 1.94 bits per heavy atom. The third-order valence-electron chi connectivity index (χ3n) is 4.66. The van der Waals surface area contributed by atoms with Crippen molar-refractivity contribution >= 4 is 48.8 Å². The molecule has 31 heavy (non-hydrogen) atoms. The summed E-state index contributed by atoms with van der Waals surface area (Å²) in [6.45, 7) is 0.274. The van der Waals surface area contributed by atoms with E-state index in [9.17, 15) is 21.6 Å². The quantitative estimate of drug-likeness (QED) is 0.621. The Bertz CT molecular complexity index is 1160. The highest BCUT2D eigenvalue weighted by Crippen LogP contribution is 2.20. The fraction of sp³-hybridized carbons (Fsp3) is 0.368. The molecule has 3 rings (SSSR count). The van der Waals surface area contributed by atoms with Crippen molar-refractivity contribution in [3.05, 3.63) is 41.8 Å². The van der Waals surface area contributed by atoms with Crippen molar-refractivity contribution < 1.29 is 21.6 Å². The largest absolute Gasteiger partial charge is 0.362 e. The zero-order chi connectivity index (χ0) is 22.5. The van der Waals surface area contributed by atoms with E-state index in [2.05, 4.69) is 14.4 Å². The summed E-state index contributed by atoms with van der Waals surface area (Å²) in [6, 6.07) is 8.77. The Hall–Kier alpha value is -2.28. The fourth-order valence-electron chi connectivity index (χ4n) is 3.02. The molecule has 0 radical (unpaired) electrons. The molecule has 0 spiro atoms. The second-order valence-corrected chi connectivity index (χ2v) is 11.6. The summed E-state index contributed by atoms with van der Waals surface area (Å²) in [6.07, 6.45) is 3.50. The van der Waals surface area contributed by atoms with Gasteiger partial charge in [-0.3, -0.25) is 4.79 Å². The molecule has 2 N–H and O–H groups in total. The van der Waals surface area contributed by atoms with E-state index in [0.717, 1.165) is 37.1 Å². The molecule has 0 aliphatic carbocycles. The molecule has 1 aliphatic heterocycles. The Balaban J connectivity index is 1.69. The molecule has 1 amide bonds. The molecule has 1 saturated heterocycles. The number of hydrogen-bond donors (Lipinski definition) is 2. The van der Waals surface area contributed by atoms with Crippen molar-refractivity contribution in [3.8, 4) is 0 Å². The van der Waals surface area contributed by atoms with Gasteiger partial charge in [0.1, 0.15) is 10.0 Å². The summed E-state index contributed by atoms with van der Waals surface area (Å²) >= 11 is 1.04. The number of thiophene rings is 1. The number of rotatable bonds is 7. The van der Waals surface area contributed by atoms with E-state index in [4.69, 9.17) is 0 Å². The smallest absolute Gasteiger partial charge is 0.284 e. The number of amides is 1. The lowest BCUT2D eigenvalue weighted by molar-refractivity contribution is -0.115. The highest BCUT2D eigenvalue weighted by atomic mass is 32.2. The standard InChI is InChI=1S/C19H24N4O5S3/c1-23-11-4-2-3-9-17(23)22-30(25,26)16-8-5-7-15(13-16)21-18(24)14-20-31(27,28)19-10-6-12-29-19/h5-8,10,12-13,20H,2-4,9,11,14H2,1H3,(H,21,24)/b22-17+. The minimum atomic E-state index is -3.95. The van der Waals surface area contributed by atoms with E-state index in [0.29, 0.717) is 12.3 Å². The van der Waals surface area contributed by atoms with Crippen molar-refractivity contribution in [3.63, 3.8) is 0 Å². The lowest BCUT2D eigenvalue weighted by Gasteiger charge is -2.17. The number of anilines is 1. The molecule has 0 unspecified atom stereocenters. The predicted octanol–water partition coefficient (Wildman–Crippen LogP) is 2.26. The maximum atomic E-state index is 12.8. The van der Waals surface area contributed by atoms with Crippen LogP contribution in [-0.4, -0.2) is 53.6 Å². The van der Waals surface area contributed by atoms with Gasteiger partial charge in [0.15, 0.2) is 0 Å². The Morgan fingerprint density at radius 1 is 1.13 bits per heavy atom. The minimum Gasteiger partial charge on any atom is -0.362 e. The monoisotopic (exact) mass is 484 g/mol. The van der Waals surface area contributed by atoms with E-state index in [1.807, 2.05) is 11.9 Å². The molecule has 0 atom stereocenters. The molecule has 1 fully saturated rings. The molecule has 9 nitrogen and oxygen atoms in total. The molecule has 0 bridgehead atoms. The molecule has 0 saturated carbocycles. The van der Waals surface area contributed by atoms with Crippen LogP contribution in [0.4, 0.5) is 5.69 Å². The molecule has 2 heterocycles. The average Bonchev–Trinajstić information content (AvgIpc) is 3.20. The molecule has 1 aromatic heterocycles. The Kier molecular flexibility index (Phi) is 7.46. The first kappa shape index (κ1) is 23.4. The summed E-state index contributed by atoms with van der Waals surface area (Å²) in [5.74, 6) is -0.0978. The number of sulfonamides is 2. The maximum absolute atomic E-state index is 12.8. The maximum Gasteiger partial charge on any atom is 0.284 e. The van der Waals surface area contributed by atoms with Crippen LogP contribution in [0.2, 0.25) is 0 Å². The van der Waals surface area contributed by atoms with Gasteiger partial charge in [0.25, 0.3) is 20.0 Å². The molecule has 12 heteroatoms. The molecule has 168 valence electrons. The SMILES string of the molecule is CN1CCCCC/C1=N\S(=O)(=O)c1cccc(NC(=O)CNS(=O)(=O)c2cccs2)c1. The molecular formula is C19H24N4O5S3. The third kappa shape index (κ3) is 6.35. The predicted molar refractivity (Wildman–Crippen MR) is 120 cm³/mol. The van der Waals surface area contributed by atoms with Crippen LogP contribution in [0, 0.1) is 0 Å². The topological polar surface area (TPSA) is 125 Å². The van der Waals surface area contributed by atoms with Crippen molar-refractivity contribution in [2.45, 2.75) is 34.8 Å². The molecule has 1 aromatic carbocycles. The Morgan fingerprint density at radius 3 is 2.68 bits per heavy atom. The summed E-state index contributed by atoms with van der Waals surface area (Å²) in [4.78, 5) is 14.0. The van der Waals surface area contributed by atoms with Gasteiger partial charge in [0.05, 0.1) is 11.4 Å². The number of amidine groups is 1. The normalized spacial score (nSPS) is 16.8. The highest BCUT2D eigenvalue weighted by molar-refractivity contribution is 7.91. The van der Waals surface area contributed by atoms with E-state index >= 15 is 0 Å². The number of benzene rings is 1. The second-order valence-electron chi connectivity index (χ2n) is 7.05. The summed E-state index contributed by atoms with van der Waals surface area (Å²) < 4.78 is 56.1. The number of likely N-dealkylation sites (tertiary alicyclic amines) is 1. The summed E-state index contributed by atoms with van der Waals surface area (Å²) in [5.41, 5.74) is 0.232. The average molecular weight is 485 g/mol. The van der Waals surface area contributed by atoms with Crippen LogP contribution in [0.3, 0.4) is 0 Å². The van der Waals surface area contributed by atoms with E-state index in [-0.39, 0.29) is 14.8 Å². The Labute approximate surface area is 186 Å². The van der Waals surface area contributed by atoms with Gasteiger partial charge in [0.2, 0.25) is 5.91 Å². The van der Waals surface area contributed by atoms with Crippen molar-refractivity contribution in [2.75, 3.05) is 25.5 Å². The molecule has 2 aromatic rings. The fourth-order valence-corrected chi connectivity index (χ4v) is 6.18. The number of hydrogen-bond acceptors (Lipinski definition) is 6.